The smallest absolute Gasteiger partial charge is 0.378 e. The number of rotatable bonds is 4. The van der Waals surface area contributed by atoms with Gasteiger partial charge in [-0.05, 0) is 29.8 Å². The minimum atomic E-state index is -4.37. The van der Waals surface area contributed by atoms with Crippen molar-refractivity contribution in [1.29, 1.82) is 0 Å². The molecule has 0 atom stereocenters. The first-order valence-corrected chi connectivity index (χ1v) is 7.13. The summed E-state index contributed by atoms with van der Waals surface area (Å²) < 4.78 is 51.5. The van der Waals surface area contributed by atoms with Crippen molar-refractivity contribution in [3.8, 4) is 11.3 Å². The lowest BCUT2D eigenvalue weighted by Crippen LogP contribution is -2.04. The van der Waals surface area contributed by atoms with Gasteiger partial charge in [-0.25, -0.2) is 4.39 Å². The van der Waals surface area contributed by atoms with Crippen LogP contribution >= 0.6 is 0 Å². The zero-order chi connectivity index (χ0) is 17.2. The van der Waals surface area contributed by atoms with Gasteiger partial charge in [0.15, 0.2) is 0 Å². The Balaban J connectivity index is 1.79. The minimum Gasteiger partial charge on any atom is -0.378 e. The van der Waals surface area contributed by atoms with E-state index in [4.69, 9.17) is 0 Å². The molecule has 0 saturated carbocycles. The number of H-pyrrole nitrogens is 1. The first-order chi connectivity index (χ1) is 11.4. The van der Waals surface area contributed by atoms with Gasteiger partial charge in [-0.1, -0.05) is 24.3 Å². The molecule has 0 aliphatic carbocycles. The van der Waals surface area contributed by atoms with E-state index < -0.39 is 11.7 Å². The average Bonchev–Trinajstić information content (AvgIpc) is 3.02. The number of benzene rings is 2. The summed E-state index contributed by atoms with van der Waals surface area (Å²) in [7, 11) is 0. The highest BCUT2D eigenvalue weighted by molar-refractivity contribution is 5.63. The minimum absolute atomic E-state index is 0.286. The molecule has 3 nitrogen and oxygen atoms in total. The molecule has 2 N–H and O–H groups in total. The number of anilines is 1. The Kier molecular flexibility index (Phi) is 4.24. The first kappa shape index (κ1) is 16.0. The molecule has 0 amide bonds. The molecule has 0 bridgehead atoms. The van der Waals surface area contributed by atoms with E-state index in [1.807, 2.05) is 0 Å². The summed E-state index contributed by atoms with van der Waals surface area (Å²) >= 11 is 0. The standard InChI is InChI=1S/C17H13F4N3/c18-14-3-1-2-4-15(14)22-9-12-10-23-24-16(12)11-5-7-13(8-6-11)17(19,20)21/h1-8,10,22H,9H2,(H,23,24). The molecule has 0 spiro atoms. The van der Waals surface area contributed by atoms with Crippen LogP contribution in [0, 0.1) is 5.82 Å². The van der Waals surface area contributed by atoms with E-state index in [-0.39, 0.29) is 12.4 Å². The Morgan fingerprint density at radius 1 is 1.00 bits per heavy atom. The van der Waals surface area contributed by atoms with E-state index in [9.17, 15) is 17.6 Å². The van der Waals surface area contributed by atoms with Crippen LogP contribution in [0.2, 0.25) is 0 Å². The van der Waals surface area contributed by atoms with Gasteiger partial charge in [0.2, 0.25) is 0 Å². The molecule has 0 fully saturated rings. The predicted octanol–water partition coefficient (Wildman–Crippen LogP) is 4.85. The summed E-state index contributed by atoms with van der Waals surface area (Å²) in [6, 6.07) is 11.0. The first-order valence-electron chi connectivity index (χ1n) is 7.13. The van der Waals surface area contributed by atoms with Gasteiger partial charge in [0.1, 0.15) is 5.82 Å². The quantitative estimate of drug-likeness (QED) is 0.669. The molecule has 7 heteroatoms. The van der Waals surface area contributed by atoms with Crippen molar-refractivity contribution in [1.82, 2.24) is 10.2 Å². The van der Waals surface area contributed by atoms with Gasteiger partial charge in [0, 0.05) is 12.1 Å². The zero-order valence-electron chi connectivity index (χ0n) is 12.4. The van der Waals surface area contributed by atoms with Crippen LogP contribution in [0.5, 0.6) is 0 Å². The lowest BCUT2D eigenvalue weighted by atomic mass is 10.1. The number of alkyl halides is 3. The van der Waals surface area contributed by atoms with Crippen molar-refractivity contribution in [2.24, 2.45) is 0 Å². The van der Waals surface area contributed by atoms with Gasteiger partial charge >= 0.3 is 6.18 Å². The van der Waals surface area contributed by atoms with E-state index in [0.717, 1.165) is 17.7 Å². The summed E-state index contributed by atoms with van der Waals surface area (Å²) in [6.07, 6.45) is -2.82. The number of para-hydroxylation sites is 1. The Bertz CT molecular complexity index is 822. The van der Waals surface area contributed by atoms with Crippen molar-refractivity contribution in [2.45, 2.75) is 12.7 Å². The van der Waals surface area contributed by atoms with E-state index in [2.05, 4.69) is 15.5 Å². The third kappa shape index (κ3) is 3.40. The van der Waals surface area contributed by atoms with Crippen LogP contribution in [-0.2, 0) is 12.7 Å². The van der Waals surface area contributed by atoms with E-state index in [1.54, 1.807) is 24.4 Å². The van der Waals surface area contributed by atoms with Gasteiger partial charge in [-0.15, -0.1) is 0 Å². The Morgan fingerprint density at radius 3 is 2.38 bits per heavy atom. The Labute approximate surface area is 135 Å². The van der Waals surface area contributed by atoms with Crippen molar-refractivity contribution >= 4 is 5.69 Å². The molecular weight excluding hydrogens is 322 g/mol. The maximum Gasteiger partial charge on any atom is 0.416 e. The number of halogens is 4. The molecule has 1 aromatic heterocycles. The number of aromatic amines is 1. The summed E-state index contributed by atoms with van der Waals surface area (Å²) in [5, 5.41) is 9.64. The average molecular weight is 335 g/mol. The van der Waals surface area contributed by atoms with Gasteiger partial charge in [0.25, 0.3) is 0 Å². The summed E-state index contributed by atoms with van der Waals surface area (Å²) in [5.74, 6) is -0.378. The molecule has 3 rings (SSSR count). The van der Waals surface area contributed by atoms with Gasteiger partial charge in [-0.3, -0.25) is 5.10 Å². The molecule has 1 heterocycles. The summed E-state index contributed by atoms with van der Waals surface area (Å²) in [6.45, 7) is 0.286. The monoisotopic (exact) mass is 335 g/mol. The van der Waals surface area contributed by atoms with Crippen molar-refractivity contribution < 1.29 is 17.6 Å². The van der Waals surface area contributed by atoms with Gasteiger partial charge in [-0.2, -0.15) is 18.3 Å². The third-order valence-corrected chi connectivity index (χ3v) is 3.56. The lowest BCUT2D eigenvalue weighted by Gasteiger charge is -2.09. The lowest BCUT2D eigenvalue weighted by molar-refractivity contribution is -0.137. The largest absolute Gasteiger partial charge is 0.416 e. The maximum absolute atomic E-state index is 13.6. The molecule has 3 aromatic rings. The fraction of sp³-hybridized carbons (Fsp3) is 0.118. The number of nitrogens with zero attached hydrogens (tertiary/aromatic N) is 1. The highest BCUT2D eigenvalue weighted by Gasteiger charge is 2.30. The third-order valence-electron chi connectivity index (χ3n) is 3.56. The molecule has 124 valence electrons. The van der Waals surface area contributed by atoms with Gasteiger partial charge < -0.3 is 5.32 Å². The number of hydrogen-bond acceptors (Lipinski definition) is 2. The predicted molar refractivity (Wildman–Crippen MR) is 82.8 cm³/mol. The Morgan fingerprint density at radius 2 is 1.71 bits per heavy atom. The van der Waals surface area contributed by atoms with E-state index in [0.29, 0.717) is 16.9 Å². The topological polar surface area (TPSA) is 40.7 Å². The second-order valence-corrected chi connectivity index (χ2v) is 5.18. The van der Waals surface area contributed by atoms with E-state index >= 15 is 0 Å². The maximum atomic E-state index is 13.6. The molecule has 0 aliphatic heterocycles. The zero-order valence-corrected chi connectivity index (χ0v) is 12.4. The molecular formula is C17H13F4N3. The van der Waals surface area contributed by atoms with Crippen molar-refractivity contribution in [3.05, 3.63) is 71.7 Å². The number of nitrogens with one attached hydrogen (secondary N) is 2. The Hall–Kier alpha value is -2.83. The van der Waals surface area contributed by atoms with E-state index in [1.165, 1.54) is 18.2 Å². The SMILES string of the molecule is Fc1ccccc1NCc1cn[nH]c1-c1ccc(C(F)(F)F)cc1. The van der Waals surface area contributed by atoms with Crippen LogP contribution in [0.15, 0.2) is 54.7 Å². The highest BCUT2D eigenvalue weighted by atomic mass is 19.4. The summed E-state index contributed by atoms with van der Waals surface area (Å²) in [4.78, 5) is 0. The van der Waals surface area contributed by atoms with Crippen molar-refractivity contribution in [2.75, 3.05) is 5.32 Å². The van der Waals surface area contributed by atoms with Crippen molar-refractivity contribution in [3.63, 3.8) is 0 Å². The molecule has 0 saturated heterocycles. The van der Waals surface area contributed by atoms with Gasteiger partial charge in [0.05, 0.1) is 23.1 Å². The van der Waals surface area contributed by atoms with Crippen LogP contribution in [0.4, 0.5) is 23.2 Å². The number of aromatic nitrogens is 2. The highest BCUT2D eigenvalue weighted by Crippen LogP contribution is 2.31. The second-order valence-electron chi connectivity index (χ2n) is 5.18. The van der Waals surface area contributed by atoms with Crippen LogP contribution < -0.4 is 5.32 Å². The molecule has 24 heavy (non-hydrogen) atoms. The molecule has 0 radical (unpaired) electrons. The molecule has 2 aromatic carbocycles. The van der Waals surface area contributed by atoms with Crippen LogP contribution in [0.1, 0.15) is 11.1 Å². The van der Waals surface area contributed by atoms with Crippen LogP contribution in [-0.4, -0.2) is 10.2 Å². The number of hydrogen-bond donors (Lipinski definition) is 2. The van der Waals surface area contributed by atoms with Crippen LogP contribution in [0.25, 0.3) is 11.3 Å². The van der Waals surface area contributed by atoms with Crippen LogP contribution in [0.3, 0.4) is 0 Å². The molecule has 0 aliphatic rings. The second kappa shape index (κ2) is 6.35. The fourth-order valence-corrected chi connectivity index (χ4v) is 2.32. The molecule has 0 unspecified atom stereocenters. The summed E-state index contributed by atoms with van der Waals surface area (Å²) in [5.41, 5.74) is 1.52. The fourth-order valence-electron chi connectivity index (χ4n) is 2.32. The normalized spacial score (nSPS) is 11.5.